The van der Waals surface area contributed by atoms with Gasteiger partial charge < -0.3 is 14.2 Å². The Morgan fingerprint density at radius 1 is 1.00 bits per heavy atom. The van der Waals surface area contributed by atoms with Gasteiger partial charge in [-0.25, -0.2) is 0 Å². The molecule has 0 bridgehead atoms. The molecule has 1 rings (SSSR count). The van der Waals surface area contributed by atoms with Gasteiger partial charge in [-0.05, 0) is 18.6 Å². The van der Waals surface area contributed by atoms with E-state index in [0.717, 1.165) is 11.3 Å². The van der Waals surface area contributed by atoms with Crippen molar-refractivity contribution in [3.05, 3.63) is 29.3 Å². The van der Waals surface area contributed by atoms with Gasteiger partial charge in [0.2, 0.25) is 0 Å². The van der Waals surface area contributed by atoms with E-state index < -0.39 is 0 Å². The number of ether oxygens (including phenoxy) is 3. The summed E-state index contributed by atoms with van der Waals surface area (Å²) in [5.74, 6) is 0.870. The molecule has 0 fully saturated rings. The third-order valence-electron chi connectivity index (χ3n) is 3.07. The molecular weight excluding hydrogens is 240 g/mol. The summed E-state index contributed by atoms with van der Waals surface area (Å²) in [5.41, 5.74) is 1.98. The van der Waals surface area contributed by atoms with Crippen molar-refractivity contribution >= 4 is 0 Å². The molecule has 0 aliphatic carbocycles. The van der Waals surface area contributed by atoms with E-state index in [1.807, 2.05) is 26.8 Å². The molecule has 0 unspecified atom stereocenters. The molecule has 3 nitrogen and oxygen atoms in total. The van der Waals surface area contributed by atoms with Crippen molar-refractivity contribution in [1.82, 2.24) is 0 Å². The molecule has 0 amide bonds. The number of hydrogen-bond acceptors (Lipinski definition) is 3. The summed E-state index contributed by atoms with van der Waals surface area (Å²) >= 11 is 0. The number of benzene rings is 1. The smallest absolute Gasteiger partial charge is 0.165 e. The van der Waals surface area contributed by atoms with E-state index in [1.165, 1.54) is 5.56 Å². The van der Waals surface area contributed by atoms with Gasteiger partial charge in [-0.3, -0.25) is 0 Å². The highest BCUT2D eigenvalue weighted by molar-refractivity contribution is 5.42. The molecule has 0 heterocycles. The quantitative estimate of drug-likeness (QED) is 0.757. The monoisotopic (exact) mass is 268 g/mol. The van der Waals surface area contributed by atoms with Crippen LogP contribution in [0.3, 0.4) is 0 Å². The molecule has 110 valence electrons. The summed E-state index contributed by atoms with van der Waals surface area (Å²) in [5, 5.41) is 0. The first kappa shape index (κ1) is 17.9. The van der Waals surface area contributed by atoms with Crippen LogP contribution in [0.5, 0.6) is 5.75 Å². The van der Waals surface area contributed by atoms with Crippen LogP contribution < -0.4 is 4.74 Å². The zero-order valence-corrected chi connectivity index (χ0v) is 13.5. The maximum atomic E-state index is 5.44. The summed E-state index contributed by atoms with van der Waals surface area (Å²) in [7, 11) is 4.98. The Morgan fingerprint density at radius 2 is 1.53 bits per heavy atom. The van der Waals surface area contributed by atoms with Crippen LogP contribution in [-0.2, 0) is 14.9 Å². The van der Waals surface area contributed by atoms with Crippen molar-refractivity contribution in [2.75, 3.05) is 21.3 Å². The molecule has 19 heavy (non-hydrogen) atoms. The SMILES string of the molecule is CC.COc1cc(C)ccc1C(C)(C)C(OC)OC. The van der Waals surface area contributed by atoms with E-state index in [9.17, 15) is 0 Å². The van der Waals surface area contributed by atoms with Gasteiger partial charge in [-0.2, -0.15) is 0 Å². The predicted molar refractivity (Wildman–Crippen MR) is 79.9 cm³/mol. The highest BCUT2D eigenvalue weighted by atomic mass is 16.7. The lowest BCUT2D eigenvalue weighted by Crippen LogP contribution is -2.37. The summed E-state index contributed by atoms with van der Waals surface area (Å²) < 4.78 is 16.2. The van der Waals surface area contributed by atoms with Gasteiger partial charge in [-0.1, -0.05) is 39.8 Å². The molecule has 1 aromatic rings. The second-order valence-electron chi connectivity index (χ2n) is 4.73. The van der Waals surface area contributed by atoms with E-state index in [1.54, 1.807) is 21.3 Å². The highest BCUT2D eigenvalue weighted by Gasteiger charge is 2.34. The molecule has 0 N–H and O–H groups in total. The summed E-state index contributed by atoms with van der Waals surface area (Å²) in [6, 6.07) is 6.17. The Kier molecular flexibility index (Phi) is 7.72. The fourth-order valence-corrected chi connectivity index (χ4v) is 2.14. The van der Waals surface area contributed by atoms with Gasteiger partial charge in [0.25, 0.3) is 0 Å². The standard InChI is InChI=1S/C14H22O3.C2H6/c1-10-7-8-11(12(9-10)15-4)14(2,3)13(16-5)17-6;1-2/h7-9,13H,1-6H3;1-2H3. The largest absolute Gasteiger partial charge is 0.496 e. The minimum Gasteiger partial charge on any atom is -0.496 e. The van der Waals surface area contributed by atoms with Gasteiger partial charge in [0.1, 0.15) is 5.75 Å². The van der Waals surface area contributed by atoms with Gasteiger partial charge in [0, 0.05) is 25.2 Å². The number of hydrogen-bond donors (Lipinski definition) is 0. The summed E-state index contributed by atoms with van der Waals surface area (Å²) in [6.07, 6.45) is -0.306. The van der Waals surface area contributed by atoms with Crippen molar-refractivity contribution in [2.24, 2.45) is 0 Å². The van der Waals surface area contributed by atoms with Gasteiger partial charge in [0.15, 0.2) is 6.29 Å². The van der Waals surface area contributed by atoms with Crippen LogP contribution in [0.2, 0.25) is 0 Å². The molecule has 0 saturated carbocycles. The topological polar surface area (TPSA) is 27.7 Å². The Labute approximate surface area is 117 Å². The molecule has 0 aromatic heterocycles. The highest BCUT2D eigenvalue weighted by Crippen LogP contribution is 2.36. The Hall–Kier alpha value is -1.06. The Morgan fingerprint density at radius 3 is 1.95 bits per heavy atom. The molecule has 0 aliphatic rings. The van der Waals surface area contributed by atoms with E-state index in [0.29, 0.717) is 0 Å². The third-order valence-corrected chi connectivity index (χ3v) is 3.07. The lowest BCUT2D eigenvalue weighted by Gasteiger charge is -2.33. The van der Waals surface area contributed by atoms with Crippen LogP contribution in [0, 0.1) is 6.92 Å². The molecule has 1 aromatic carbocycles. The Bertz CT molecular complexity index is 368. The van der Waals surface area contributed by atoms with Gasteiger partial charge >= 0.3 is 0 Å². The van der Waals surface area contributed by atoms with Crippen LogP contribution in [0.15, 0.2) is 18.2 Å². The number of methoxy groups -OCH3 is 3. The lowest BCUT2D eigenvalue weighted by molar-refractivity contribution is -0.141. The van der Waals surface area contributed by atoms with Crippen LogP contribution >= 0.6 is 0 Å². The first-order valence-corrected chi connectivity index (χ1v) is 6.68. The second kappa shape index (κ2) is 8.18. The maximum absolute atomic E-state index is 5.44. The minimum absolute atomic E-state index is 0.275. The van der Waals surface area contributed by atoms with Crippen LogP contribution in [0.4, 0.5) is 0 Å². The van der Waals surface area contributed by atoms with Gasteiger partial charge in [-0.15, -0.1) is 0 Å². The van der Waals surface area contributed by atoms with Crippen molar-refractivity contribution in [3.8, 4) is 5.75 Å². The van der Waals surface area contributed by atoms with E-state index in [-0.39, 0.29) is 11.7 Å². The molecule has 0 radical (unpaired) electrons. The van der Waals surface area contributed by atoms with Crippen molar-refractivity contribution in [2.45, 2.75) is 46.3 Å². The van der Waals surface area contributed by atoms with Crippen LogP contribution in [0.25, 0.3) is 0 Å². The zero-order valence-electron chi connectivity index (χ0n) is 13.5. The summed E-state index contributed by atoms with van der Waals surface area (Å²) in [6.45, 7) is 10.2. The maximum Gasteiger partial charge on any atom is 0.165 e. The first-order valence-electron chi connectivity index (χ1n) is 6.68. The lowest BCUT2D eigenvalue weighted by atomic mass is 9.82. The van der Waals surface area contributed by atoms with Crippen molar-refractivity contribution in [3.63, 3.8) is 0 Å². The van der Waals surface area contributed by atoms with Crippen molar-refractivity contribution < 1.29 is 14.2 Å². The zero-order chi connectivity index (χ0) is 15.1. The number of aryl methyl sites for hydroxylation is 1. The fraction of sp³-hybridized carbons (Fsp3) is 0.625. The number of rotatable bonds is 5. The molecule has 0 saturated heterocycles. The molecule has 0 aliphatic heterocycles. The average molecular weight is 268 g/mol. The normalized spacial score (nSPS) is 11.0. The molecular formula is C16H28O3. The van der Waals surface area contributed by atoms with Crippen molar-refractivity contribution in [1.29, 1.82) is 0 Å². The predicted octanol–water partition coefficient (Wildman–Crippen LogP) is 3.93. The van der Waals surface area contributed by atoms with E-state index >= 15 is 0 Å². The first-order chi connectivity index (χ1) is 8.97. The van der Waals surface area contributed by atoms with E-state index in [2.05, 4.69) is 26.0 Å². The average Bonchev–Trinajstić information content (AvgIpc) is 2.41. The van der Waals surface area contributed by atoms with E-state index in [4.69, 9.17) is 14.2 Å². The molecule has 0 atom stereocenters. The van der Waals surface area contributed by atoms with Crippen LogP contribution in [0.1, 0.15) is 38.8 Å². The summed E-state index contributed by atoms with van der Waals surface area (Å²) in [4.78, 5) is 0. The minimum atomic E-state index is -0.306. The third kappa shape index (κ3) is 4.22. The van der Waals surface area contributed by atoms with Crippen LogP contribution in [-0.4, -0.2) is 27.6 Å². The second-order valence-corrected chi connectivity index (χ2v) is 4.73. The fourth-order valence-electron chi connectivity index (χ4n) is 2.14. The van der Waals surface area contributed by atoms with Gasteiger partial charge in [0.05, 0.1) is 7.11 Å². The molecule has 3 heteroatoms. The molecule has 0 spiro atoms. The Balaban J connectivity index is 0.00000154.